The van der Waals surface area contributed by atoms with Crippen LogP contribution in [0.15, 0.2) is 18.2 Å². The Hall–Kier alpha value is -1.62. The number of nitrogens with one attached hydrogen (secondary N) is 1. The van der Waals surface area contributed by atoms with Gasteiger partial charge < -0.3 is 10.4 Å². The molecule has 104 valence electrons. The molecule has 6 heteroatoms. The predicted molar refractivity (Wildman–Crippen MR) is 70.7 cm³/mol. The highest BCUT2D eigenvalue weighted by atomic mass is 35.5. The van der Waals surface area contributed by atoms with E-state index in [1.165, 1.54) is 12.1 Å². The second kappa shape index (κ2) is 6.02. The Kier molecular flexibility index (Phi) is 4.89. The summed E-state index contributed by atoms with van der Waals surface area (Å²) in [5, 5.41) is 11.4. The van der Waals surface area contributed by atoms with Crippen molar-refractivity contribution in [3.05, 3.63) is 29.0 Å². The molecule has 0 aliphatic heterocycles. The summed E-state index contributed by atoms with van der Waals surface area (Å²) in [7, 11) is 0. The van der Waals surface area contributed by atoms with Gasteiger partial charge in [0, 0.05) is 11.4 Å². The molecule has 0 aliphatic rings. The fraction of sp³-hybridized carbons (Fsp3) is 0.385. The number of amides is 1. The van der Waals surface area contributed by atoms with E-state index in [-0.39, 0.29) is 23.6 Å². The van der Waals surface area contributed by atoms with Gasteiger partial charge in [-0.05, 0) is 23.6 Å². The molecule has 2 N–H and O–H groups in total. The van der Waals surface area contributed by atoms with Gasteiger partial charge in [0.1, 0.15) is 5.82 Å². The van der Waals surface area contributed by atoms with E-state index in [9.17, 15) is 14.0 Å². The lowest BCUT2D eigenvalue weighted by Gasteiger charge is -2.21. The van der Waals surface area contributed by atoms with E-state index in [2.05, 4.69) is 5.32 Å². The highest BCUT2D eigenvalue weighted by Gasteiger charge is 2.25. The summed E-state index contributed by atoms with van der Waals surface area (Å²) in [6.45, 7) is 3.33. The van der Waals surface area contributed by atoms with Gasteiger partial charge >= 0.3 is 5.97 Å². The molecule has 0 fully saturated rings. The average Bonchev–Trinajstić information content (AvgIpc) is 2.19. The number of halogens is 2. The first-order chi connectivity index (χ1) is 8.69. The molecule has 0 aromatic heterocycles. The van der Waals surface area contributed by atoms with Crippen LogP contribution in [0.4, 0.5) is 10.1 Å². The van der Waals surface area contributed by atoms with Gasteiger partial charge in [-0.3, -0.25) is 9.59 Å². The summed E-state index contributed by atoms with van der Waals surface area (Å²) in [6, 6.07) is 3.92. The maximum atomic E-state index is 13.5. The van der Waals surface area contributed by atoms with Gasteiger partial charge in [0.2, 0.25) is 5.91 Å². The lowest BCUT2D eigenvalue weighted by molar-refractivity contribution is -0.139. The summed E-state index contributed by atoms with van der Waals surface area (Å²) in [6.07, 6.45) is -0.148. The Morgan fingerprint density at radius 1 is 1.37 bits per heavy atom. The number of benzene rings is 1. The van der Waals surface area contributed by atoms with E-state index in [1.54, 1.807) is 13.8 Å². The van der Waals surface area contributed by atoms with Crippen molar-refractivity contribution in [2.75, 3.05) is 5.32 Å². The molecule has 0 saturated heterocycles. The van der Waals surface area contributed by atoms with Gasteiger partial charge in [-0.2, -0.15) is 0 Å². The van der Waals surface area contributed by atoms with E-state index in [1.807, 2.05) is 0 Å². The topological polar surface area (TPSA) is 66.4 Å². The summed E-state index contributed by atoms with van der Waals surface area (Å²) in [5.41, 5.74) is -0.667. The van der Waals surface area contributed by atoms with Gasteiger partial charge in [-0.25, -0.2) is 4.39 Å². The highest BCUT2D eigenvalue weighted by molar-refractivity contribution is 6.30. The van der Waals surface area contributed by atoms with E-state index in [4.69, 9.17) is 16.7 Å². The van der Waals surface area contributed by atoms with Gasteiger partial charge in [-0.1, -0.05) is 25.4 Å². The monoisotopic (exact) mass is 287 g/mol. The van der Waals surface area contributed by atoms with E-state index in [0.29, 0.717) is 0 Å². The van der Waals surface area contributed by atoms with E-state index in [0.717, 1.165) is 6.07 Å². The van der Waals surface area contributed by atoms with Crippen LogP contribution in [0.3, 0.4) is 0 Å². The number of carboxylic acid groups (broad SMARTS) is 1. The zero-order valence-corrected chi connectivity index (χ0v) is 11.4. The Bertz CT molecular complexity index is 503. The maximum absolute atomic E-state index is 13.5. The maximum Gasteiger partial charge on any atom is 0.303 e. The molecule has 0 atom stereocenters. The van der Waals surface area contributed by atoms with E-state index >= 15 is 0 Å². The molecule has 1 aromatic rings. The predicted octanol–water partition coefficient (Wildman–Crippen LogP) is 3.31. The highest BCUT2D eigenvalue weighted by Crippen LogP contribution is 2.26. The van der Waals surface area contributed by atoms with Gasteiger partial charge in [-0.15, -0.1) is 0 Å². The molecule has 0 spiro atoms. The van der Waals surface area contributed by atoms with Crippen molar-refractivity contribution in [3.63, 3.8) is 0 Å². The van der Waals surface area contributed by atoms with Gasteiger partial charge in [0.05, 0.1) is 12.1 Å². The van der Waals surface area contributed by atoms with Crippen molar-refractivity contribution in [1.82, 2.24) is 0 Å². The normalized spacial score (nSPS) is 11.2. The lowest BCUT2D eigenvalue weighted by Crippen LogP contribution is -2.25. The molecular weight excluding hydrogens is 273 g/mol. The zero-order valence-electron chi connectivity index (χ0n) is 10.7. The number of hydrogen-bond acceptors (Lipinski definition) is 2. The molecule has 1 aromatic carbocycles. The van der Waals surface area contributed by atoms with Crippen molar-refractivity contribution < 1.29 is 19.1 Å². The van der Waals surface area contributed by atoms with E-state index < -0.39 is 23.1 Å². The van der Waals surface area contributed by atoms with Crippen LogP contribution in [-0.4, -0.2) is 17.0 Å². The fourth-order valence-electron chi connectivity index (χ4n) is 1.69. The minimum Gasteiger partial charge on any atom is -0.481 e. The minimum atomic E-state index is -0.976. The van der Waals surface area contributed by atoms with Crippen LogP contribution in [0.25, 0.3) is 0 Å². The number of carbonyl (C=O) groups is 2. The third-order valence-electron chi connectivity index (χ3n) is 2.47. The molecule has 0 radical (unpaired) electrons. The van der Waals surface area contributed by atoms with Crippen LogP contribution < -0.4 is 5.32 Å². The van der Waals surface area contributed by atoms with Crippen LogP contribution in [0.2, 0.25) is 5.02 Å². The average molecular weight is 288 g/mol. The van der Waals surface area contributed by atoms with Crippen LogP contribution in [0, 0.1) is 11.2 Å². The zero-order chi connectivity index (χ0) is 14.6. The van der Waals surface area contributed by atoms with Crippen LogP contribution >= 0.6 is 11.6 Å². The Morgan fingerprint density at radius 3 is 2.53 bits per heavy atom. The van der Waals surface area contributed by atoms with Crippen LogP contribution in [0.1, 0.15) is 26.7 Å². The third kappa shape index (κ3) is 5.26. The number of carbonyl (C=O) groups excluding carboxylic acids is 1. The number of aliphatic carboxylic acids is 1. The second-order valence-electron chi connectivity index (χ2n) is 5.08. The smallest absolute Gasteiger partial charge is 0.303 e. The lowest BCUT2D eigenvalue weighted by atomic mass is 9.85. The fourth-order valence-corrected chi connectivity index (χ4v) is 1.85. The Labute approximate surface area is 115 Å². The summed E-state index contributed by atoms with van der Waals surface area (Å²) in [5.74, 6) is -2.04. The number of carboxylic acids is 1. The van der Waals surface area contributed by atoms with Crippen LogP contribution in [0.5, 0.6) is 0 Å². The number of rotatable bonds is 5. The first-order valence-electron chi connectivity index (χ1n) is 5.66. The molecule has 0 heterocycles. The van der Waals surface area contributed by atoms with Gasteiger partial charge in [0.25, 0.3) is 0 Å². The molecule has 0 unspecified atom stereocenters. The van der Waals surface area contributed by atoms with Crippen molar-refractivity contribution in [2.24, 2.45) is 5.41 Å². The molecule has 1 rings (SSSR count). The summed E-state index contributed by atoms with van der Waals surface area (Å²) >= 11 is 5.60. The Balaban J connectivity index is 2.67. The molecule has 0 saturated carbocycles. The standard InChI is InChI=1S/C13H15ClFNO3/c1-13(2,7-12(18)19)6-11(17)16-10-4-3-8(14)5-9(10)15/h3-5H,6-7H2,1-2H3,(H,16,17)(H,18,19). The largest absolute Gasteiger partial charge is 0.481 e. The van der Waals surface area contributed by atoms with Crippen LogP contribution in [-0.2, 0) is 9.59 Å². The van der Waals surface area contributed by atoms with Gasteiger partial charge in [0.15, 0.2) is 0 Å². The quantitative estimate of drug-likeness (QED) is 0.873. The SMILES string of the molecule is CC(C)(CC(=O)O)CC(=O)Nc1ccc(Cl)cc1F. The first kappa shape index (κ1) is 15.4. The second-order valence-corrected chi connectivity index (χ2v) is 5.52. The number of hydrogen-bond donors (Lipinski definition) is 2. The van der Waals surface area contributed by atoms with Crippen molar-refractivity contribution >= 4 is 29.2 Å². The van der Waals surface area contributed by atoms with Crippen molar-refractivity contribution in [3.8, 4) is 0 Å². The molecule has 4 nitrogen and oxygen atoms in total. The Morgan fingerprint density at radius 2 is 2.00 bits per heavy atom. The van der Waals surface area contributed by atoms with Crippen molar-refractivity contribution in [2.45, 2.75) is 26.7 Å². The van der Waals surface area contributed by atoms with Crippen molar-refractivity contribution in [1.29, 1.82) is 0 Å². The summed E-state index contributed by atoms with van der Waals surface area (Å²) < 4.78 is 13.5. The summed E-state index contributed by atoms with van der Waals surface area (Å²) in [4.78, 5) is 22.4. The molecule has 0 aliphatic carbocycles. The third-order valence-corrected chi connectivity index (χ3v) is 2.71. The molecular formula is C13H15ClFNO3. The first-order valence-corrected chi connectivity index (χ1v) is 6.04. The molecule has 19 heavy (non-hydrogen) atoms. The molecule has 1 amide bonds. The minimum absolute atomic E-state index is 0.0125. The number of anilines is 1. The molecule has 0 bridgehead atoms.